The van der Waals surface area contributed by atoms with E-state index >= 15 is 0 Å². The van der Waals surface area contributed by atoms with Gasteiger partial charge in [-0.3, -0.25) is 0 Å². The number of nitrogens with zero attached hydrogens (tertiary/aromatic N) is 1. The van der Waals surface area contributed by atoms with E-state index in [1.165, 1.54) is 0 Å². The molecule has 86 valence electrons. The number of hydrogen-bond acceptors (Lipinski definition) is 3. The van der Waals surface area contributed by atoms with Gasteiger partial charge in [0.15, 0.2) is 0 Å². The monoisotopic (exact) mass is 219 g/mol. The van der Waals surface area contributed by atoms with Gasteiger partial charge in [0.2, 0.25) is 0 Å². The minimum Gasteiger partial charge on any atom is -0.493 e. The zero-order chi connectivity index (χ0) is 12.0. The van der Waals surface area contributed by atoms with Gasteiger partial charge in [-0.15, -0.1) is 0 Å². The van der Waals surface area contributed by atoms with E-state index in [-0.39, 0.29) is 6.42 Å². The number of ether oxygens (including phenoxy) is 1. The molecule has 1 unspecified atom stereocenters. The zero-order valence-corrected chi connectivity index (χ0v) is 9.73. The van der Waals surface area contributed by atoms with Gasteiger partial charge in [0.05, 0.1) is 25.2 Å². The topological polar surface area (TPSA) is 53.2 Å². The van der Waals surface area contributed by atoms with Crippen molar-refractivity contribution in [3.8, 4) is 11.8 Å². The lowest BCUT2D eigenvalue weighted by molar-refractivity contribution is 0.143. The molecule has 0 aliphatic rings. The van der Waals surface area contributed by atoms with E-state index in [9.17, 15) is 5.11 Å². The van der Waals surface area contributed by atoms with Crippen molar-refractivity contribution in [1.29, 1.82) is 5.26 Å². The van der Waals surface area contributed by atoms with Crippen LogP contribution in [0.4, 0.5) is 0 Å². The Kier molecular flexibility index (Phi) is 4.81. The van der Waals surface area contributed by atoms with Gasteiger partial charge in [-0.25, -0.2) is 0 Å². The largest absolute Gasteiger partial charge is 0.493 e. The Labute approximate surface area is 96.3 Å². The maximum absolute atomic E-state index is 9.33. The first-order chi connectivity index (χ1) is 7.61. The normalized spacial score (nSPS) is 11.9. The van der Waals surface area contributed by atoms with Crippen molar-refractivity contribution < 1.29 is 9.84 Å². The number of benzene rings is 1. The second-order valence-corrected chi connectivity index (χ2v) is 3.98. The fraction of sp³-hybridized carbons (Fsp3) is 0.462. The lowest BCUT2D eigenvalue weighted by Gasteiger charge is -2.10. The van der Waals surface area contributed by atoms with E-state index in [4.69, 9.17) is 10.00 Å². The van der Waals surface area contributed by atoms with E-state index in [2.05, 4.69) is 6.07 Å². The zero-order valence-electron chi connectivity index (χ0n) is 9.73. The van der Waals surface area contributed by atoms with Crippen molar-refractivity contribution in [2.75, 3.05) is 6.61 Å². The highest BCUT2D eigenvalue weighted by Gasteiger charge is 2.03. The first kappa shape index (κ1) is 12.5. The number of aliphatic hydroxyl groups excluding tert-OH is 1. The second kappa shape index (κ2) is 6.14. The molecular weight excluding hydrogens is 202 g/mol. The summed E-state index contributed by atoms with van der Waals surface area (Å²) >= 11 is 0. The lowest BCUT2D eigenvalue weighted by atomic mass is 10.1. The third-order valence-electron chi connectivity index (χ3n) is 2.24. The Bertz CT molecular complexity index is 362. The molecule has 0 heterocycles. The van der Waals surface area contributed by atoms with E-state index < -0.39 is 6.10 Å². The highest BCUT2D eigenvalue weighted by molar-refractivity contribution is 5.32. The van der Waals surface area contributed by atoms with Crippen LogP contribution in [0.2, 0.25) is 0 Å². The molecule has 1 atom stereocenters. The Morgan fingerprint density at radius 3 is 2.50 bits per heavy atom. The van der Waals surface area contributed by atoms with Gasteiger partial charge < -0.3 is 9.84 Å². The molecule has 3 nitrogen and oxygen atoms in total. The molecule has 0 saturated heterocycles. The minimum atomic E-state index is -0.587. The molecule has 0 bridgehead atoms. The van der Waals surface area contributed by atoms with Crippen LogP contribution in [0.1, 0.15) is 24.0 Å². The quantitative estimate of drug-likeness (QED) is 0.827. The van der Waals surface area contributed by atoms with E-state index in [1.807, 2.05) is 32.0 Å². The molecule has 3 heteroatoms. The van der Waals surface area contributed by atoms with E-state index in [0.717, 1.165) is 16.9 Å². The predicted octanol–water partition coefficient (Wildman–Crippen LogP) is 2.35. The van der Waals surface area contributed by atoms with Crippen molar-refractivity contribution in [2.45, 2.75) is 32.8 Å². The Balaban J connectivity index is 2.40. The molecule has 0 spiro atoms. The van der Waals surface area contributed by atoms with Crippen LogP contribution >= 0.6 is 0 Å². The Morgan fingerprint density at radius 1 is 1.31 bits per heavy atom. The molecule has 0 aliphatic heterocycles. The summed E-state index contributed by atoms with van der Waals surface area (Å²) in [5, 5.41) is 17.7. The summed E-state index contributed by atoms with van der Waals surface area (Å²) in [6, 6.07) is 7.93. The van der Waals surface area contributed by atoms with Gasteiger partial charge in [-0.05, 0) is 37.1 Å². The predicted molar refractivity (Wildman–Crippen MR) is 62.3 cm³/mol. The van der Waals surface area contributed by atoms with E-state index in [1.54, 1.807) is 0 Å². The Hall–Kier alpha value is -1.53. The number of aliphatic hydroxyl groups is 1. The molecule has 0 radical (unpaired) electrons. The van der Waals surface area contributed by atoms with Gasteiger partial charge >= 0.3 is 0 Å². The number of aryl methyl sites for hydroxylation is 2. The van der Waals surface area contributed by atoms with Gasteiger partial charge in [0, 0.05) is 6.42 Å². The maximum Gasteiger partial charge on any atom is 0.119 e. The summed E-state index contributed by atoms with van der Waals surface area (Å²) in [6.45, 7) is 4.47. The molecular formula is C13H17NO2. The first-order valence-corrected chi connectivity index (χ1v) is 5.38. The van der Waals surface area contributed by atoms with Crippen LogP contribution in [0.5, 0.6) is 5.75 Å². The summed E-state index contributed by atoms with van der Waals surface area (Å²) < 4.78 is 5.52. The number of nitriles is 1. The van der Waals surface area contributed by atoms with Crippen LogP contribution < -0.4 is 4.74 Å². The van der Waals surface area contributed by atoms with Gasteiger partial charge in [0.25, 0.3) is 0 Å². The van der Waals surface area contributed by atoms with Crippen molar-refractivity contribution in [1.82, 2.24) is 0 Å². The van der Waals surface area contributed by atoms with Crippen molar-refractivity contribution >= 4 is 0 Å². The standard InChI is InChI=1S/C13H17NO2/c1-10-7-11(2)9-13(8-10)16-6-4-12(15)3-5-14/h7-9,12,15H,3-4,6H2,1-2H3. The van der Waals surface area contributed by atoms with Gasteiger partial charge in [-0.2, -0.15) is 5.26 Å². The molecule has 0 aromatic heterocycles. The number of hydrogen-bond donors (Lipinski definition) is 1. The summed E-state index contributed by atoms with van der Waals surface area (Å²) in [5.74, 6) is 0.821. The smallest absolute Gasteiger partial charge is 0.119 e. The molecule has 0 aliphatic carbocycles. The third kappa shape index (κ3) is 4.33. The minimum absolute atomic E-state index is 0.163. The Morgan fingerprint density at radius 2 is 1.94 bits per heavy atom. The van der Waals surface area contributed by atoms with Crippen LogP contribution in [-0.4, -0.2) is 17.8 Å². The second-order valence-electron chi connectivity index (χ2n) is 3.98. The van der Waals surface area contributed by atoms with Crippen molar-refractivity contribution in [2.24, 2.45) is 0 Å². The highest BCUT2D eigenvalue weighted by Crippen LogP contribution is 2.16. The molecule has 1 aromatic rings. The lowest BCUT2D eigenvalue weighted by Crippen LogP contribution is -2.11. The van der Waals surface area contributed by atoms with Gasteiger partial charge in [0.1, 0.15) is 5.75 Å². The van der Waals surface area contributed by atoms with Crippen molar-refractivity contribution in [3.63, 3.8) is 0 Å². The number of rotatable bonds is 5. The van der Waals surface area contributed by atoms with E-state index in [0.29, 0.717) is 13.0 Å². The molecule has 0 amide bonds. The average Bonchev–Trinajstić information content (AvgIpc) is 2.16. The average molecular weight is 219 g/mol. The van der Waals surface area contributed by atoms with Crippen molar-refractivity contribution in [3.05, 3.63) is 29.3 Å². The molecule has 1 rings (SSSR count). The molecule has 1 N–H and O–H groups in total. The fourth-order valence-corrected chi connectivity index (χ4v) is 1.54. The fourth-order valence-electron chi connectivity index (χ4n) is 1.54. The van der Waals surface area contributed by atoms with Crippen LogP contribution in [0, 0.1) is 25.2 Å². The molecule has 0 saturated carbocycles. The van der Waals surface area contributed by atoms with Crippen LogP contribution in [-0.2, 0) is 0 Å². The van der Waals surface area contributed by atoms with Crippen LogP contribution in [0.25, 0.3) is 0 Å². The third-order valence-corrected chi connectivity index (χ3v) is 2.24. The molecule has 0 fully saturated rings. The summed E-state index contributed by atoms with van der Waals surface area (Å²) in [5.41, 5.74) is 2.32. The first-order valence-electron chi connectivity index (χ1n) is 5.38. The summed E-state index contributed by atoms with van der Waals surface area (Å²) in [4.78, 5) is 0. The summed E-state index contributed by atoms with van der Waals surface area (Å²) in [7, 11) is 0. The van der Waals surface area contributed by atoms with Crippen LogP contribution in [0.3, 0.4) is 0 Å². The van der Waals surface area contributed by atoms with Gasteiger partial charge in [-0.1, -0.05) is 6.07 Å². The van der Waals surface area contributed by atoms with Crippen LogP contribution in [0.15, 0.2) is 18.2 Å². The maximum atomic E-state index is 9.33. The molecule has 16 heavy (non-hydrogen) atoms. The molecule has 1 aromatic carbocycles. The SMILES string of the molecule is Cc1cc(C)cc(OCCC(O)CC#N)c1. The summed E-state index contributed by atoms with van der Waals surface area (Å²) in [6.07, 6.45) is 0.0624. The highest BCUT2D eigenvalue weighted by atomic mass is 16.5.